The molecule has 0 aliphatic rings. The van der Waals surface area contributed by atoms with Crippen LogP contribution in [0.5, 0.6) is 17.2 Å². The summed E-state index contributed by atoms with van der Waals surface area (Å²) in [6.45, 7) is 4.75. The number of hydrogen-bond donors (Lipinski definition) is 0. The number of furan rings is 1. The topological polar surface area (TPSA) is 74.0 Å². The Labute approximate surface area is 180 Å². The number of rotatable bonds is 10. The molecule has 0 aliphatic carbocycles. The highest BCUT2D eigenvalue weighted by Crippen LogP contribution is 2.37. The van der Waals surface area contributed by atoms with Crippen LogP contribution < -0.4 is 14.2 Å². The second-order valence-corrected chi connectivity index (χ2v) is 7.62. The van der Waals surface area contributed by atoms with Crippen molar-refractivity contribution in [1.29, 1.82) is 0 Å². The first-order valence-corrected chi connectivity index (χ1v) is 10.6. The van der Waals surface area contributed by atoms with Crippen molar-refractivity contribution in [2.24, 2.45) is 0 Å². The molecule has 160 valence electrons. The van der Waals surface area contributed by atoms with Gasteiger partial charge in [0.05, 0.1) is 32.7 Å². The maximum atomic E-state index is 12.8. The Kier molecular flexibility index (Phi) is 7.35. The molecule has 0 spiro atoms. The van der Waals surface area contributed by atoms with E-state index in [0.29, 0.717) is 29.6 Å². The zero-order valence-corrected chi connectivity index (χ0v) is 18.4. The quantitative estimate of drug-likeness (QED) is 0.461. The highest BCUT2D eigenvalue weighted by Gasteiger charge is 2.24. The van der Waals surface area contributed by atoms with Crippen molar-refractivity contribution in [3.8, 4) is 17.2 Å². The molecule has 30 heavy (non-hydrogen) atoms. The van der Waals surface area contributed by atoms with Gasteiger partial charge in [-0.15, -0.1) is 11.3 Å². The molecule has 0 aliphatic heterocycles. The van der Waals surface area contributed by atoms with Crippen LogP contribution in [-0.2, 0) is 13.2 Å². The van der Waals surface area contributed by atoms with E-state index in [9.17, 15) is 4.79 Å². The minimum Gasteiger partial charge on any atom is -0.493 e. The minimum absolute atomic E-state index is 0.0573. The zero-order chi connectivity index (χ0) is 21.5. The molecule has 0 fully saturated rings. The second kappa shape index (κ2) is 10.2. The van der Waals surface area contributed by atoms with E-state index in [1.807, 2.05) is 37.4 Å². The van der Waals surface area contributed by atoms with Crippen LogP contribution in [0.15, 0.2) is 46.4 Å². The van der Waals surface area contributed by atoms with Gasteiger partial charge in [-0.05, 0) is 37.6 Å². The van der Waals surface area contributed by atoms with Gasteiger partial charge >= 0.3 is 0 Å². The lowest BCUT2D eigenvalue weighted by Gasteiger charge is -2.27. The van der Waals surface area contributed by atoms with Gasteiger partial charge in [0.1, 0.15) is 11.6 Å². The molecule has 1 aromatic carbocycles. The van der Waals surface area contributed by atoms with Crippen molar-refractivity contribution >= 4 is 17.2 Å². The number of carbonyl (C=O) groups is 1. The van der Waals surface area contributed by atoms with Crippen LogP contribution in [0.4, 0.5) is 0 Å². The lowest BCUT2D eigenvalue weighted by molar-refractivity contribution is 0.0636. The first kappa shape index (κ1) is 21.7. The number of ether oxygens (including phenoxy) is 3. The molecule has 0 unspecified atom stereocenters. The van der Waals surface area contributed by atoms with Gasteiger partial charge in [0, 0.05) is 11.4 Å². The van der Waals surface area contributed by atoms with E-state index in [2.05, 4.69) is 4.98 Å². The van der Waals surface area contributed by atoms with Crippen LogP contribution in [0.25, 0.3) is 0 Å². The van der Waals surface area contributed by atoms with Gasteiger partial charge in [0.15, 0.2) is 17.3 Å². The van der Waals surface area contributed by atoms with Crippen molar-refractivity contribution in [2.45, 2.75) is 39.5 Å². The number of hydrogen-bond acceptors (Lipinski definition) is 7. The zero-order valence-electron chi connectivity index (χ0n) is 17.6. The Morgan fingerprint density at radius 3 is 2.53 bits per heavy atom. The van der Waals surface area contributed by atoms with E-state index >= 15 is 0 Å². The van der Waals surface area contributed by atoms with Crippen LogP contribution in [0.3, 0.4) is 0 Å². The van der Waals surface area contributed by atoms with Gasteiger partial charge in [-0.25, -0.2) is 4.98 Å². The van der Waals surface area contributed by atoms with E-state index < -0.39 is 0 Å². The van der Waals surface area contributed by atoms with Crippen molar-refractivity contribution < 1.29 is 23.4 Å². The van der Waals surface area contributed by atoms with Crippen LogP contribution >= 0.6 is 11.3 Å². The van der Waals surface area contributed by atoms with Gasteiger partial charge in [-0.3, -0.25) is 4.79 Å². The summed E-state index contributed by atoms with van der Waals surface area (Å²) in [5.74, 6) is 1.92. The highest BCUT2D eigenvalue weighted by atomic mass is 32.1. The fourth-order valence-corrected chi connectivity index (χ4v) is 3.64. The molecule has 0 N–H and O–H groups in total. The van der Waals surface area contributed by atoms with E-state index in [1.54, 1.807) is 31.3 Å². The first-order chi connectivity index (χ1) is 14.6. The number of nitrogens with zero attached hydrogens (tertiary/aromatic N) is 2. The average molecular weight is 431 g/mol. The van der Waals surface area contributed by atoms with Crippen LogP contribution in [0.2, 0.25) is 0 Å². The van der Waals surface area contributed by atoms with E-state index in [1.165, 1.54) is 17.6 Å². The maximum Gasteiger partial charge on any atom is 0.290 e. The molecule has 0 bridgehead atoms. The Morgan fingerprint density at radius 1 is 1.20 bits per heavy atom. The van der Waals surface area contributed by atoms with E-state index in [-0.39, 0.29) is 18.6 Å². The van der Waals surface area contributed by atoms with Gasteiger partial charge in [-0.2, -0.15) is 0 Å². The second-order valence-electron chi connectivity index (χ2n) is 6.68. The molecule has 2 heterocycles. The van der Waals surface area contributed by atoms with Crippen molar-refractivity contribution in [3.05, 3.63) is 58.4 Å². The molecule has 1 amide bonds. The summed E-state index contributed by atoms with van der Waals surface area (Å²) in [5, 5.41) is 2.75. The average Bonchev–Trinajstić information content (AvgIpc) is 3.47. The number of thiazole rings is 1. The third-order valence-electron chi connectivity index (χ3n) is 4.77. The molecular formula is C22H26N2O5S. The number of benzene rings is 1. The van der Waals surface area contributed by atoms with Crippen molar-refractivity contribution in [1.82, 2.24) is 9.88 Å². The standard InChI is InChI=1S/C22H26N2O5S/c1-5-15(2)24(22(25)19-10-7-11-28-19)12-16-14-30-20(23-16)13-29-21-17(26-3)8-6-9-18(21)27-4/h6-11,14-15H,5,12-13H2,1-4H3/t15-/m0/s1. The van der Waals surface area contributed by atoms with Crippen molar-refractivity contribution in [3.63, 3.8) is 0 Å². The summed E-state index contributed by atoms with van der Waals surface area (Å²) >= 11 is 1.49. The van der Waals surface area contributed by atoms with Gasteiger partial charge < -0.3 is 23.5 Å². The number of aromatic nitrogens is 1. The molecule has 1 atom stereocenters. The van der Waals surface area contributed by atoms with Crippen LogP contribution in [0, 0.1) is 0 Å². The summed E-state index contributed by atoms with van der Waals surface area (Å²) in [6, 6.07) is 8.92. The SMILES string of the molecule is CC[C@H](C)N(Cc1csc(COc2c(OC)cccc2OC)n1)C(=O)c1ccco1. The minimum atomic E-state index is -0.140. The van der Waals surface area contributed by atoms with E-state index in [0.717, 1.165) is 17.1 Å². The third kappa shape index (κ3) is 4.94. The van der Waals surface area contributed by atoms with Gasteiger partial charge in [0.25, 0.3) is 5.91 Å². The summed E-state index contributed by atoms with van der Waals surface area (Å²) in [6.07, 6.45) is 2.34. The summed E-state index contributed by atoms with van der Waals surface area (Å²) in [7, 11) is 3.17. The number of carbonyl (C=O) groups excluding carboxylic acids is 1. The maximum absolute atomic E-state index is 12.8. The number of para-hydroxylation sites is 1. The smallest absolute Gasteiger partial charge is 0.290 e. The van der Waals surface area contributed by atoms with Crippen molar-refractivity contribution in [2.75, 3.05) is 14.2 Å². The molecular weight excluding hydrogens is 404 g/mol. The molecule has 0 saturated heterocycles. The van der Waals surface area contributed by atoms with Crippen LogP contribution in [0.1, 0.15) is 41.5 Å². The van der Waals surface area contributed by atoms with Crippen LogP contribution in [-0.4, -0.2) is 36.1 Å². The molecule has 8 heteroatoms. The van der Waals surface area contributed by atoms with E-state index in [4.69, 9.17) is 18.6 Å². The fourth-order valence-electron chi connectivity index (χ4n) is 2.95. The Hall–Kier alpha value is -3.00. The molecule has 3 aromatic rings. The number of amides is 1. The molecule has 3 rings (SSSR count). The Bertz CT molecular complexity index is 932. The first-order valence-electron chi connectivity index (χ1n) is 9.68. The summed E-state index contributed by atoms with van der Waals surface area (Å²) < 4.78 is 21.9. The Balaban J connectivity index is 1.70. The lowest BCUT2D eigenvalue weighted by Crippen LogP contribution is -2.37. The predicted octanol–water partition coefficient (Wildman–Crippen LogP) is 4.77. The third-order valence-corrected chi connectivity index (χ3v) is 5.64. The molecule has 0 radical (unpaired) electrons. The largest absolute Gasteiger partial charge is 0.493 e. The molecule has 0 saturated carbocycles. The summed E-state index contributed by atoms with van der Waals surface area (Å²) in [5.41, 5.74) is 0.811. The lowest BCUT2D eigenvalue weighted by atomic mass is 10.2. The highest BCUT2D eigenvalue weighted by molar-refractivity contribution is 7.09. The van der Waals surface area contributed by atoms with Gasteiger partial charge in [-0.1, -0.05) is 13.0 Å². The van der Waals surface area contributed by atoms with Gasteiger partial charge in [0.2, 0.25) is 5.75 Å². The fraction of sp³-hybridized carbons (Fsp3) is 0.364. The molecule has 7 nitrogen and oxygen atoms in total. The normalized spacial score (nSPS) is 11.7. The molecule has 2 aromatic heterocycles. The Morgan fingerprint density at radius 2 is 1.93 bits per heavy atom. The monoisotopic (exact) mass is 430 g/mol. The number of methoxy groups -OCH3 is 2. The summed E-state index contributed by atoms with van der Waals surface area (Å²) in [4.78, 5) is 19.2. The predicted molar refractivity (Wildman–Crippen MR) is 114 cm³/mol.